The van der Waals surface area contributed by atoms with Crippen molar-refractivity contribution in [1.82, 2.24) is 5.32 Å². The fourth-order valence-electron chi connectivity index (χ4n) is 4.26. The maximum atomic E-state index is 12.0. The van der Waals surface area contributed by atoms with Crippen molar-refractivity contribution in [1.29, 1.82) is 0 Å². The van der Waals surface area contributed by atoms with Gasteiger partial charge in [0.2, 0.25) is 5.91 Å². The number of carbonyl (C=O) groups is 2. The van der Waals surface area contributed by atoms with E-state index in [0.717, 1.165) is 77.0 Å². The van der Waals surface area contributed by atoms with Crippen LogP contribution in [0.25, 0.3) is 0 Å². The second kappa shape index (κ2) is 30.5. The van der Waals surface area contributed by atoms with Crippen LogP contribution in [-0.2, 0) is 27.9 Å². The SMILES string of the molecule is CCC/C=C\CCCCCCCC(=O)NCCOP(=O)(O)OCC(O)COC(=O)CCCCCCC/C=C\CCCCC. The molecule has 0 spiro atoms. The van der Waals surface area contributed by atoms with E-state index < -0.39 is 26.5 Å². The van der Waals surface area contributed by atoms with Gasteiger partial charge in [0, 0.05) is 19.4 Å². The zero-order valence-electron chi connectivity index (χ0n) is 27.1. The minimum absolute atomic E-state index is 0.0766. The normalized spacial score (nSPS) is 13.9. The first-order valence-electron chi connectivity index (χ1n) is 16.8. The second-order valence-corrected chi connectivity index (χ2v) is 12.6. The van der Waals surface area contributed by atoms with Gasteiger partial charge in [0.15, 0.2) is 0 Å². The summed E-state index contributed by atoms with van der Waals surface area (Å²) in [5, 5.41) is 12.6. The van der Waals surface area contributed by atoms with E-state index in [1.54, 1.807) is 0 Å². The average molecular weight is 632 g/mol. The highest BCUT2D eigenvalue weighted by Crippen LogP contribution is 2.42. The van der Waals surface area contributed by atoms with E-state index in [-0.39, 0.29) is 32.1 Å². The minimum Gasteiger partial charge on any atom is -0.463 e. The van der Waals surface area contributed by atoms with Crippen molar-refractivity contribution in [2.45, 2.75) is 148 Å². The zero-order valence-corrected chi connectivity index (χ0v) is 28.0. The number of nitrogens with one attached hydrogen (secondary N) is 1. The van der Waals surface area contributed by atoms with Crippen LogP contribution < -0.4 is 5.32 Å². The number of aliphatic hydroxyl groups is 1. The molecule has 0 aromatic heterocycles. The van der Waals surface area contributed by atoms with Gasteiger partial charge in [-0.25, -0.2) is 4.57 Å². The minimum atomic E-state index is -4.40. The van der Waals surface area contributed by atoms with Crippen LogP contribution in [0.1, 0.15) is 142 Å². The molecular weight excluding hydrogens is 569 g/mol. The van der Waals surface area contributed by atoms with Crippen molar-refractivity contribution in [3.05, 3.63) is 24.3 Å². The lowest BCUT2D eigenvalue weighted by molar-refractivity contribution is -0.147. The van der Waals surface area contributed by atoms with Gasteiger partial charge in [-0.2, -0.15) is 0 Å². The van der Waals surface area contributed by atoms with Crippen LogP contribution in [0.3, 0.4) is 0 Å². The number of phosphoric ester groups is 1. The summed E-state index contributed by atoms with van der Waals surface area (Å²) in [5.74, 6) is -0.540. The predicted molar refractivity (Wildman–Crippen MR) is 174 cm³/mol. The Hall–Kier alpha value is -1.51. The van der Waals surface area contributed by atoms with E-state index in [1.807, 2.05) is 0 Å². The molecule has 10 heteroatoms. The molecule has 2 atom stereocenters. The number of ether oxygens (including phenoxy) is 1. The van der Waals surface area contributed by atoms with Crippen LogP contribution in [0, 0.1) is 0 Å². The summed E-state index contributed by atoms with van der Waals surface area (Å²) in [4.78, 5) is 33.5. The smallest absolute Gasteiger partial charge is 0.463 e. The first kappa shape index (κ1) is 41.5. The van der Waals surface area contributed by atoms with Gasteiger partial charge in [0.25, 0.3) is 0 Å². The van der Waals surface area contributed by atoms with Crippen LogP contribution >= 0.6 is 7.82 Å². The summed E-state index contributed by atoms with van der Waals surface area (Å²) in [6, 6.07) is 0. The summed E-state index contributed by atoms with van der Waals surface area (Å²) in [5.41, 5.74) is 0. The maximum Gasteiger partial charge on any atom is 0.472 e. The number of hydrogen-bond donors (Lipinski definition) is 3. The van der Waals surface area contributed by atoms with Crippen LogP contribution in [0.2, 0.25) is 0 Å². The molecule has 0 fully saturated rings. The Labute approximate surface area is 261 Å². The molecule has 0 aromatic carbocycles. The average Bonchev–Trinajstić information content (AvgIpc) is 2.98. The molecule has 0 heterocycles. The highest BCUT2D eigenvalue weighted by Gasteiger charge is 2.23. The third-order valence-electron chi connectivity index (χ3n) is 6.83. The van der Waals surface area contributed by atoms with Crippen LogP contribution in [0.5, 0.6) is 0 Å². The Balaban J connectivity index is 3.68. The number of aliphatic hydroxyl groups excluding tert-OH is 1. The largest absolute Gasteiger partial charge is 0.472 e. The maximum absolute atomic E-state index is 12.0. The summed E-state index contributed by atoms with van der Waals surface area (Å²) < 4.78 is 26.6. The van der Waals surface area contributed by atoms with Gasteiger partial charge in [-0.1, -0.05) is 95.9 Å². The van der Waals surface area contributed by atoms with E-state index in [1.165, 1.54) is 38.5 Å². The van der Waals surface area contributed by atoms with Crippen LogP contribution in [0.15, 0.2) is 24.3 Å². The molecule has 0 aliphatic heterocycles. The molecule has 0 radical (unpaired) electrons. The summed E-state index contributed by atoms with van der Waals surface area (Å²) in [7, 11) is -4.40. The Morgan fingerprint density at radius 1 is 0.698 bits per heavy atom. The van der Waals surface area contributed by atoms with Gasteiger partial charge < -0.3 is 20.1 Å². The van der Waals surface area contributed by atoms with Crippen molar-refractivity contribution in [2.75, 3.05) is 26.4 Å². The van der Waals surface area contributed by atoms with E-state index in [9.17, 15) is 24.2 Å². The lowest BCUT2D eigenvalue weighted by Gasteiger charge is -2.15. The van der Waals surface area contributed by atoms with Crippen molar-refractivity contribution in [3.63, 3.8) is 0 Å². The zero-order chi connectivity index (χ0) is 31.9. The molecule has 0 aromatic rings. The Kier molecular flexibility index (Phi) is 29.4. The molecule has 0 bridgehead atoms. The molecule has 2 unspecified atom stereocenters. The second-order valence-electron chi connectivity index (χ2n) is 11.1. The monoisotopic (exact) mass is 631 g/mol. The quantitative estimate of drug-likeness (QED) is 0.0303. The lowest BCUT2D eigenvalue weighted by atomic mass is 10.1. The number of allylic oxidation sites excluding steroid dienone is 4. The summed E-state index contributed by atoms with van der Waals surface area (Å²) >= 11 is 0. The fourth-order valence-corrected chi connectivity index (χ4v) is 5.01. The Morgan fingerprint density at radius 3 is 1.84 bits per heavy atom. The standard InChI is InChI=1S/C33H62NO8P/c1-3-5-7-9-11-13-15-16-18-20-22-24-26-33(37)40-29-31(35)30-42-43(38,39)41-28-27-34-32(36)25-23-21-19-17-14-12-10-8-6-4-2/h8,10-11,13,31,35H,3-7,9,12,14-30H2,1-2H3,(H,34,36)(H,38,39)/b10-8-,13-11-. The molecule has 1 amide bonds. The molecule has 9 nitrogen and oxygen atoms in total. The first-order valence-corrected chi connectivity index (χ1v) is 18.3. The number of phosphoric acid groups is 1. The van der Waals surface area contributed by atoms with E-state index in [0.29, 0.717) is 6.42 Å². The van der Waals surface area contributed by atoms with E-state index in [4.69, 9.17) is 13.8 Å². The third-order valence-corrected chi connectivity index (χ3v) is 7.82. The van der Waals surface area contributed by atoms with Crippen molar-refractivity contribution in [3.8, 4) is 0 Å². The van der Waals surface area contributed by atoms with Crippen LogP contribution in [0.4, 0.5) is 0 Å². The van der Waals surface area contributed by atoms with Crippen molar-refractivity contribution < 1.29 is 37.9 Å². The molecule has 0 aliphatic carbocycles. The van der Waals surface area contributed by atoms with E-state index in [2.05, 4.69) is 43.5 Å². The Bertz CT molecular complexity index is 774. The van der Waals surface area contributed by atoms with Crippen molar-refractivity contribution in [2.24, 2.45) is 0 Å². The topological polar surface area (TPSA) is 131 Å². The summed E-state index contributed by atoms with van der Waals surface area (Å²) in [6.45, 7) is 3.41. The predicted octanol–water partition coefficient (Wildman–Crippen LogP) is 8.09. The third kappa shape index (κ3) is 31.7. The first-order chi connectivity index (χ1) is 20.8. The van der Waals surface area contributed by atoms with Gasteiger partial charge in [-0.05, 0) is 57.8 Å². The van der Waals surface area contributed by atoms with Gasteiger partial charge in [0.05, 0.1) is 13.2 Å². The molecule has 252 valence electrons. The lowest BCUT2D eigenvalue weighted by Crippen LogP contribution is -2.27. The molecule has 3 N–H and O–H groups in total. The summed E-state index contributed by atoms with van der Waals surface area (Å²) in [6.07, 6.45) is 28.3. The number of unbranched alkanes of at least 4 members (excludes halogenated alkanes) is 14. The molecule has 43 heavy (non-hydrogen) atoms. The number of amides is 1. The van der Waals surface area contributed by atoms with Crippen LogP contribution in [-0.4, -0.2) is 54.3 Å². The highest BCUT2D eigenvalue weighted by molar-refractivity contribution is 7.47. The number of rotatable bonds is 31. The number of esters is 1. The molecular formula is C33H62NO8P. The van der Waals surface area contributed by atoms with Crippen molar-refractivity contribution >= 4 is 19.7 Å². The molecule has 0 saturated carbocycles. The van der Waals surface area contributed by atoms with Gasteiger partial charge >= 0.3 is 13.8 Å². The Morgan fingerprint density at radius 2 is 1.23 bits per heavy atom. The molecule has 0 aliphatic rings. The highest BCUT2D eigenvalue weighted by atomic mass is 31.2. The molecule has 0 saturated heterocycles. The fraction of sp³-hybridized carbons (Fsp3) is 0.818. The van der Waals surface area contributed by atoms with E-state index >= 15 is 0 Å². The number of carbonyl (C=O) groups excluding carboxylic acids is 2. The van der Waals surface area contributed by atoms with Gasteiger partial charge in [-0.3, -0.25) is 18.6 Å². The number of hydrogen-bond acceptors (Lipinski definition) is 7. The van der Waals surface area contributed by atoms with Gasteiger partial charge in [0.1, 0.15) is 12.7 Å². The molecule has 0 rings (SSSR count). The van der Waals surface area contributed by atoms with Gasteiger partial charge in [-0.15, -0.1) is 0 Å².